The number of nitrogens with zero attached hydrogens (tertiary/aromatic N) is 1. The van der Waals surface area contributed by atoms with E-state index in [4.69, 9.17) is 13.9 Å². The normalized spacial score (nSPS) is 15.1. The number of aliphatic carboxylic acids is 1. The van der Waals surface area contributed by atoms with Gasteiger partial charge in [-0.1, -0.05) is 6.07 Å². The number of phenolic OH excluding ortho intramolecular Hbond substituents is 1. The Kier molecular flexibility index (Phi) is 6.05. The molecule has 0 aliphatic carbocycles. The number of carbonyl (C=O) groups is 1. The van der Waals surface area contributed by atoms with Crippen molar-refractivity contribution in [2.75, 3.05) is 27.3 Å². The highest BCUT2D eigenvalue weighted by molar-refractivity contribution is 5.86. The minimum atomic E-state index is -0.772. The molecule has 3 aromatic rings. The number of ether oxygens (including phenoxy) is 2. The zero-order valence-electron chi connectivity index (χ0n) is 18.0. The molecule has 1 aliphatic heterocycles. The van der Waals surface area contributed by atoms with Crippen molar-refractivity contribution in [3.05, 3.63) is 52.4 Å². The average Bonchev–Trinajstić information content (AvgIpc) is 2.81. The molecule has 2 heterocycles. The van der Waals surface area contributed by atoms with Crippen LogP contribution in [0, 0.1) is 5.92 Å². The lowest BCUT2D eigenvalue weighted by molar-refractivity contribution is -0.143. The number of hydrogen-bond acceptors (Lipinski definition) is 7. The summed E-state index contributed by atoms with van der Waals surface area (Å²) in [5.74, 6) is -0.0125. The number of fused-ring (bicyclic) bond motifs is 1. The van der Waals surface area contributed by atoms with Crippen LogP contribution in [0.1, 0.15) is 18.4 Å². The maximum absolute atomic E-state index is 13.3. The summed E-state index contributed by atoms with van der Waals surface area (Å²) in [4.78, 5) is 26.5. The van der Waals surface area contributed by atoms with E-state index in [1.807, 2.05) is 0 Å². The number of hydrogen-bond donors (Lipinski definition) is 2. The summed E-state index contributed by atoms with van der Waals surface area (Å²) in [5, 5.41) is 20.0. The molecule has 168 valence electrons. The Morgan fingerprint density at radius 2 is 1.84 bits per heavy atom. The zero-order chi connectivity index (χ0) is 22.8. The second-order valence-electron chi connectivity index (χ2n) is 7.88. The first-order valence-electron chi connectivity index (χ1n) is 10.4. The van der Waals surface area contributed by atoms with Gasteiger partial charge in [-0.2, -0.15) is 0 Å². The number of piperidine rings is 1. The lowest BCUT2D eigenvalue weighted by Gasteiger charge is -2.30. The molecule has 0 saturated carbocycles. The average molecular weight is 439 g/mol. The van der Waals surface area contributed by atoms with E-state index in [1.165, 1.54) is 19.4 Å². The second kappa shape index (κ2) is 8.92. The summed E-state index contributed by atoms with van der Waals surface area (Å²) >= 11 is 0. The van der Waals surface area contributed by atoms with Gasteiger partial charge < -0.3 is 24.1 Å². The van der Waals surface area contributed by atoms with Crippen LogP contribution in [0.15, 0.2) is 45.8 Å². The van der Waals surface area contributed by atoms with Gasteiger partial charge in [-0.05, 0) is 55.8 Å². The van der Waals surface area contributed by atoms with E-state index in [2.05, 4.69) is 4.90 Å². The van der Waals surface area contributed by atoms with Crippen LogP contribution in [0.3, 0.4) is 0 Å². The maximum Gasteiger partial charge on any atom is 0.306 e. The molecule has 2 aromatic carbocycles. The van der Waals surface area contributed by atoms with Crippen molar-refractivity contribution in [2.24, 2.45) is 5.92 Å². The summed E-state index contributed by atoms with van der Waals surface area (Å²) in [5.41, 5.74) is 1.64. The molecule has 0 atom stereocenters. The van der Waals surface area contributed by atoms with E-state index < -0.39 is 5.97 Å². The Bertz CT molecular complexity index is 1210. The minimum absolute atomic E-state index is 0.0416. The van der Waals surface area contributed by atoms with Gasteiger partial charge in [0.2, 0.25) is 5.43 Å². The number of benzene rings is 2. The van der Waals surface area contributed by atoms with Crippen LogP contribution in [0.5, 0.6) is 17.2 Å². The van der Waals surface area contributed by atoms with Crippen molar-refractivity contribution in [1.29, 1.82) is 0 Å². The van der Waals surface area contributed by atoms with E-state index in [0.717, 1.165) is 0 Å². The summed E-state index contributed by atoms with van der Waals surface area (Å²) in [7, 11) is 3.07. The molecule has 1 fully saturated rings. The Balaban J connectivity index is 1.69. The minimum Gasteiger partial charge on any atom is -0.507 e. The van der Waals surface area contributed by atoms with E-state index >= 15 is 0 Å². The topological polar surface area (TPSA) is 109 Å². The van der Waals surface area contributed by atoms with Crippen LogP contribution in [0.25, 0.3) is 22.1 Å². The smallest absolute Gasteiger partial charge is 0.306 e. The van der Waals surface area contributed by atoms with Gasteiger partial charge in [0.05, 0.1) is 36.7 Å². The van der Waals surface area contributed by atoms with Gasteiger partial charge in [-0.25, -0.2) is 0 Å². The highest BCUT2D eigenvalue weighted by Gasteiger charge is 2.26. The second-order valence-corrected chi connectivity index (χ2v) is 7.88. The number of phenols is 1. The van der Waals surface area contributed by atoms with Gasteiger partial charge >= 0.3 is 5.97 Å². The Labute approximate surface area is 184 Å². The first-order valence-corrected chi connectivity index (χ1v) is 10.4. The molecule has 4 rings (SSSR count). The highest BCUT2D eigenvalue weighted by Crippen LogP contribution is 2.33. The third kappa shape index (κ3) is 4.01. The third-order valence-corrected chi connectivity index (χ3v) is 6.03. The summed E-state index contributed by atoms with van der Waals surface area (Å²) < 4.78 is 16.5. The molecular weight excluding hydrogens is 414 g/mol. The van der Waals surface area contributed by atoms with Gasteiger partial charge in [0.25, 0.3) is 0 Å². The summed E-state index contributed by atoms with van der Waals surface area (Å²) in [6.45, 7) is 1.57. The first kappa shape index (κ1) is 21.7. The van der Waals surface area contributed by atoms with Crippen LogP contribution in [-0.4, -0.2) is 48.4 Å². The van der Waals surface area contributed by atoms with Crippen LogP contribution in [0.2, 0.25) is 0 Å². The van der Waals surface area contributed by atoms with Crippen molar-refractivity contribution in [2.45, 2.75) is 19.4 Å². The fraction of sp³-hybridized carbons (Fsp3) is 0.333. The molecule has 0 spiro atoms. The monoisotopic (exact) mass is 439 g/mol. The van der Waals surface area contributed by atoms with E-state index in [9.17, 15) is 19.8 Å². The van der Waals surface area contributed by atoms with Gasteiger partial charge in [0, 0.05) is 6.54 Å². The van der Waals surface area contributed by atoms with Crippen molar-refractivity contribution in [3.8, 4) is 28.4 Å². The number of carboxylic acids is 1. The molecule has 8 nitrogen and oxygen atoms in total. The standard InChI is InChI=1S/C24H25NO7/c1-30-20-6-3-15(11-21(20)31-2)18-13-32-23-16(22(18)27)4-5-19(26)17(23)12-25-9-7-14(8-10-25)24(28)29/h3-6,11,13-14,26H,7-10,12H2,1-2H3,(H,28,29). The molecule has 32 heavy (non-hydrogen) atoms. The Morgan fingerprint density at radius 3 is 2.50 bits per heavy atom. The quantitative estimate of drug-likeness (QED) is 0.601. The fourth-order valence-corrected chi connectivity index (χ4v) is 4.16. The third-order valence-electron chi connectivity index (χ3n) is 6.03. The van der Waals surface area contributed by atoms with Crippen molar-refractivity contribution in [1.82, 2.24) is 4.90 Å². The molecule has 0 bridgehead atoms. The zero-order valence-corrected chi connectivity index (χ0v) is 18.0. The van der Waals surface area contributed by atoms with E-state index in [0.29, 0.717) is 71.6 Å². The number of aromatic hydroxyl groups is 1. The highest BCUT2D eigenvalue weighted by atomic mass is 16.5. The van der Waals surface area contributed by atoms with Crippen LogP contribution in [-0.2, 0) is 11.3 Å². The molecule has 8 heteroatoms. The lowest BCUT2D eigenvalue weighted by atomic mass is 9.96. The molecule has 0 unspecified atom stereocenters. The van der Waals surface area contributed by atoms with E-state index in [-0.39, 0.29) is 17.1 Å². The molecule has 1 saturated heterocycles. The van der Waals surface area contributed by atoms with Gasteiger partial charge in [-0.3, -0.25) is 14.5 Å². The molecule has 2 N–H and O–H groups in total. The molecule has 1 aromatic heterocycles. The fourth-order valence-electron chi connectivity index (χ4n) is 4.16. The van der Waals surface area contributed by atoms with E-state index in [1.54, 1.807) is 31.4 Å². The predicted octanol–water partition coefficient (Wildman–Crippen LogP) is 3.48. The number of methoxy groups -OCH3 is 2. The maximum atomic E-state index is 13.3. The molecular formula is C24H25NO7. The SMILES string of the molecule is COc1ccc(-c2coc3c(CN4CCC(C(=O)O)CC4)c(O)ccc3c2=O)cc1OC. The lowest BCUT2D eigenvalue weighted by Crippen LogP contribution is -2.35. The van der Waals surface area contributed by atoms with Crippen LogP contribution < -0.4 is 14.9 Å². The number of likely N-dealkylation sites (tertiary alicyclic amines) is 1. The summed E-state index contributed by atoms with van der Waals surface area (Å²) in [6.07, 6.45) is 2.49. The molecule has 0 radical (unpaired) electrons. The summed E-state index contributed by atoms with van der Waals surface area (Å²) in [6, 6.07) is 8.25. The van der Waals surface area contributed by atoms with Gasteiger partial charge in [-0.15, -0.1) is 0 Å². The number of rotatable bonds is 6. The van der Waals surface area contributed by atoms with Gasteiger partial charge in [0.15, 0.2) is 11.5 Å². The van der Waals surface area contributed by atoms with Crippen LogP contribution >= 0.6 is 0 Å². The molecule has 1 aliphatic rings. The largest absolute Gasteiger partial charge is 0.507 e. The number of carboxylic acid groups (broad SMARTS) is 1. The van der Waals surface area contributed by atoms with Crippen molar-refractivity contribution >= 4 is 16.9 Å². The Hall–Kier alpha value is -3.52. The Morgan fingerprint density at radius 1 is 1.12 bits per heavy atom. The molecule has 0 amide bonds. The van der Waals surface area contributed by atoms with Crippen molar-refractivity contribution in [3.63, 3.8) is 0 Å². The predicted molar refractivity (Wildman–Crippen MR) is 118 cm³/mol. The first-order chi connectivity index (χ1) is 15.4. The van der Waals surface area contributed by atoms with Crippen LogP contribution in [0.4, 0.5) is 0 Å². The van der Waals surface area contributed by atoms with Crippen molar-refractivity contribution < 1.29 is 28.9 Å². The van der Waals surface area contributed by atoms with Gasteiger partial charge in [0.1, 0.15) is 17.6 Å².